The number of benzene rings is 3. The van der Waals surface area contributed by atoms with Crippen LogP contribution in [-0.4, -0.2) is 12.5 Å². The van der Waals surface area contributed by atoms with Gasteiger partial charge in [-0.1, -0.05) is 54.6 Å². The molecule has 126 valence electrons. The van der Waals surface area contributed by atoms with Crippen LogP contribution in [0.5, 0.6) is 0 Å². The SMILES string of the molecule is CC(NC(=O)CNc1ccc2c3c(cccc13)CC2)c1ccccc1. The summed E-state index contributed by atoms with van der Waals surface area (Å²) < 4.78 is 0. The third-order valence-electron chi connectivity index (χ3n) is 4.99. The zero-order valence-corrected chi connectivity index (χ0v) is 14.4. The second kappa shape index (κ2) is 6.60. The lowest BCUT2D eigenvalue weighted by Crippen LogP contribution is -2.32. The number of nitrogens with one attached hydrogen (secondary N) is 2. The number of hydrogen-bond donors (Lipinski definition) is 2. The Balaban J connectivity index is 1.45. The van der Waals surface area contributed by atoms with Gasteiger partial charge in [-0.15, -0.1) is 0 Å². The second-order valence-electron chi connectivity index (χ2n) is 6.67. The Morgan fingerprint density at radius 2 is 1.72 bits per heavy atom. The second-order valence-corrected chi connectivity index (χ2v) is 6.67. The van der Waals surface area contributed by atoms with Crippen LogP contribution in [0.2, 0.25) is 0 Å². The molecule has 0 aromatic heterocycles. The summed E-state index contributed by atoms with van der Waals surface area (Å²) in [4.78, 5) is 12.3. The highest BCUT2D eigenvalue weighted by atomic mass is 16.1. The molecule has 4 rings (SSSR count). The summed E-state index contributed by atoms with van der Waals surface area (Å²) in [5.41, 5.74) is 4.97. The van der Waals surface area contributed by atoms with E-state index in [1.807, 2.05) is 37.3 Å². The van der Waals surface area contributed by atoms with Gasteiger partial charge < -0.3 is 10.6 Å². The van der Waals surface area contributed by atoms with Gasteiger partial charge in [0.1, 0.15) is 0 Å². The highest BCUT2D eigenvalue weighted by Gasteiger charge is 2.16. The van der Waals surface area contributed by atoms with Gasteiger partial charge in [0.15, 0.2) is 0 Å². The van der Waals surface area contributed by atoms with Crippen molar-refractivity contribution in [3.8, 4) is 0 Å². The monoisotopic (exact) mass is 330 g/mol. The summed E-state index contributed by atoms with van der Waals surface area (Å²) in [6.07, 6.45) is 2.23. The van der Waals surface area contributed by atoms with Crippen LogP contribution >= 0.6 is 0 Å². The molecule has 0 aliphatic heterocycles. The third kappa shape index (κ3) is 3.10. The fourth-order valence-electron chi connectivity index (χ4n) is 3.69. The first kappa shape index (κ1) is 15.7. The van der Waals surface area contributed by atoms with E-state index in [2.05, 4.69) is 41.0 Å². The van der Waals surface area contributed by atoms with Crippen molar-refractivity contribution in [2.75, 3.05) is 11.9 Å². The quantitative estimate of drug-likeness (QED) is 0.735. The molecular weight excluding hydrogens is 308 g/mol. The Bertz CT molecular complexity index is 908. The van der Waals surface area contributed by atoms with Crippen molar-refractivity contribution in [1.29, 1.82) is 0 Å². The van der Waals surface area contributed by atoms with E-state index in [4.69, 9.17) is 0 Å². The van der Waals surface area contributed by atoms with Gasteiger partial charge in [-0.3, -0.25) is 4.79 Å². The maximum atomic E-state index is 12.3. The molecule has 0 spiro atoms. The number of carbonyl (C=O) groups excluding carboxylic acids is 1. The molecule has 0 saturated heterocycles. The lowest BCUT2D eigenvalue weighted by atomic mass is 10.0. The van der Waals surface area contributed by atoms with Crippen molar-refractivity contribution in [3.05, 3.63) is 77.4 Å². The Morgan fingerprint density at radius 3 is 2.52 bits per heavy atom. The Morgan fingerprint density at radius 1 is 0.960 bits per heavy atom. The number of rotatable bonds is 5. The van der Waals surface area contributed by atoms with E-state index in [9.17, 15) is 4.79 Å². The number of amides is 1. The summed E-state index contributed by atoms with van der Waals surface area (Å²) >= 11 is 0. The molecule has 1 unspecified atom stereocenters. The topological polar surface area (TPSA) is 41.1 Å². The molecule has 3 aromatic rings. The smallest absolute Gasteiger partial charge is 0.239 e. The highest BCUT2D eigenvalue weighted by molar-refractivity contribution is 6.00. The minimum atomic E-state index is -0.000365. The zero-order valence-electron chi connectivity index (χ0n) is 14.4. The predicted octanol–water partition coefficient (Wildman–Crippen LogP) is 4.23. The normalized spacial score (nSPS) is 13.6. The fourth-order valence-corrected chi connectivity index (χ4v) is 3.69. The van der Waals surface area contributed by atoms with Crippen LogP contribution in [0.25, 0.3) is 10.8 Å². The van der Waals surface area contributed by atoms with Crippen LogP contribution in [0.15, 0.2) is 60.7 Å². The molecule has 0 bridgehead atoms. The van der Waals surface area contributed by atoms with Crippen molar-refractivity contribution in [2.24, 2.45) is 0 Å². The summed E-state index contributed by atoms with van der Waals surface area (Å²) in [5.74, 6) is -0.000365. The van der Waals surface area contributed by atoms with E-state index >= 15 is 0 Å². The molecule has 0 radical (unpaired) electrons. The fraction of sp³-hybridized carbons (Fsp3) is 0.227. The van der Waals surface area contributed by atoms with Crippen LogP contribution < -0.4 is 10.6 Å². The van der Waals surface area contributed by atoms with Crippen LogP contribution in [0.1, 0.15) is 29.7 Å². The average Bonchev–Trinajstić information content (AvgIpc) is 3.07. The molecule has 3 aromatic carbocycles. The summed E-state index contributed by atoms with van der Waals surface area (Å²) in [6, 6.07) is 20.8. The molecule has 0 heterocycles. The maximum Gasteiger partial charge on any atom is 0.239 e. The van der Waals surface area contributed by atoms with E-state index in [0.29, 0.717) is 0 Å². The molecule has 3 heteroatoms. The van der Waals surface area contributed by atoms with Gasteiger partial charge in [-0.25, -0.2) is 0 Å². The highest BCUT2D eigenvalue weighted by Crippen LogP contribution is 2.34. The maximum absolute atomic E-state index is 12.3. The van der Waals surface area contributed by atoms with Gasteiger partial charge in [-0.2, -0.15) is 0 Å². The molecule has 1 aliphatic rings. The van der Waals surface area contributed by atoms with Crippen LogP contribution in [0.4, 0.5) is 5.69 Å². The van der Waals surface area contributed by atoms with E-state index in [1.54, 1.807) is 0 Å². The lowest BCUT2D eigenvalue weighted by molar-refractivity contribution is -0.120. The van der Waals surface area contributed by atoms with Crippen LogP contribution in [-0.2, 0) is 17.6 Å². The minimum Gasteiger partial charge on any atom is -0.376 e. The van der Waals surface area contributed by atoms with Crippen LogP contribution in [0, 0.1) is 0 Å². The van der Waals surface area contributed by atoms with Crippen molar-refractivity contribution < 1.29 is 4.79 Å². The number of hydrogen-bond acceptors (Lipinski definition) is 2. The molecule has 1 amide bonds. The molecule has 2 N–H and O–H groups in total. The number of carbonyl (C=O) groups is 1. The molecule has 1 atom stereocenters. The van der Waals surface area contributed by atoms with E-state index in [1.165, 1.54) is 21.9 Å². The lowest BCUT2D eigenvalue weighted by Gasteiger charge is -2.16. The Hall–Kier alpha value is -2.81. The molecular formula is C22H22N2O. The van der Waals surface area contributed by atoms with Crippen LogP contribution in [0.3, 0.4) is 0 Å². The molecule has 1 aliphatic carbocycles. The Labute approximate surface area is 148 Å². The van der Waals surface area contributed by atoms with Crippen molar-refractivity contribution in [3.63, 3.8) is 0 Å². The first-order valence-corrected chi connectivity index (χ1v) is 8.84. The van der Waals surface area contributed by atoms with E-state index < -0.39 is 0 Å². The van der Waals surface area contributed by atoms with E-state index in [0.717, 1.165) is 24.1 Å². The Kier molecular flexibility index (Phi) is 4.14. The van der Waals surface area contributed by atoms with Gasteiger partial charge >= 0.3 is 0 Å². The standard InChI is InChI=1S/C22H22N2O/c1-15(16-6-3-2-4-7-16)24-21(25)14-23-20-13-12-18-11-10-17-8-5-9-19(20)22(17)18/h2-9,12-13,15,23H,10-11,14H2,1H3,(H,24,25). The van der Waals surface area contributed by atoms with Gasteiger partial charge in [-0.05, 0) is 47.9 Å². The van der Waals surface area contributed by atoms with Gasteiger partial charge in [0.25, 0.3) is 0 Å². The summed E-state index contributed by atoms with van der Waals surface area (Å²) in [5, 5.41) is 8.95. The van der Waals surface area contributed by atoms with E-state index in [-0.39, 0.29) is 18.5 Å². The molecule has 25 heavy (non-hydrogen) atoms. The molecule has 3 nitrogen and oxygen atoms in total. The van der Waals surface area contributed by atoms with Gasteiger partial charge in [0.2, 0.25) is 5.91 Å². The minimum absolute atomic E-state index is 0.000365. The van der Waals surface area contributed by atoms with Gasteiger partial charge in [0.05, 0.1) is 12.6 Å². The van der Waals surface area contributed by atoms with Crippen molar-refractivity contribution in [1.82, 2.24) is 5.32 Å². The van der Waals surface area contributed by atoms with Gasteiger partial charge in [0, 0.05) is 11.1 Å². The first-order valence-electron chi connectivity index (χ1n) is 8.84. The number of anilines is 1. The van der Waals surface area contributed by atoms with Crippen molar-refractivity contribution in [2.45, 2.75) is 25.8 Å². The number of aryl methyl sites for hydroxylation is 2. The third-order valence-corrected chi connectivity index (χ3v) is 4.99. The summed E-state index contributed by atoms with van der Waals surface area (Å²) in [7, 11) is 0. The molecule has 0 fully saturated rings. The largest absolute Gasteiger partial charge is 0.376 e. The molecule has 0 saturated carbocycles. The van der Waals surface area contributed by atoms with Crippen molar-refractivity contribution >= 4 is 22.4 Å². The zero-order chi connectivity index (χ0) is 17.2. The summed E-state index contributed by atoms with van der Waals surface area (Å²) in [6.45, 7) is 2.28. The predicted molar refractivity (Wildman–Crippen MR) is 103 cm³/mol. The first-order chi connectivity index (χ1) is 12.2. The average molecular weight is 330 g/mol.